The lowest BCUT2D eigenvalue weighted by Crippen LogP contribution is -2.44. The molecule has 0 N–H and O–H groups in total. The molecule has 2 aliphatic rings. The molecule has 0 radical (unpaired) electrons. The number of carbonyl (C=O) groups is 1. The van der Waals surface area contributed by atoms with E-state index in [1.165, 1.54) is 10.4 Å². The van der Waals surface area contributed by atoms with Gasteiger partial charge in [-0.2, -0.15) is 4.31 Å². The minimum absolute atomic E-state index is 0.119. The second kappa shape index (κ2) is 8.98. The van der Waals surface area contributed by atoms with Crippen LogP contribution < -0.4 is 5.43 Å². The molecule has 0 aliphatic carbocycles. The molecule has 1 amide bonds. The third-order valence-electron chi connectivity index (χ3n) is 6.73. The van der Waals surface area contributed by atoms with Crippen molar-refractivity contribution in [2.24, 2.45) is 11.8 Å². The summed E-state index contributed by atoms with van der Waals surface area (Å²) in [4.78, 5) is 28.7. The van der Waals surface area contributed by atoms with E-state index in [1.807, 2.05) is 11.5 Å². The number of aromatic nitrogens is 1. The fraction of sp³-hybridized carbons (Fsp3) is 0.583. The Bertz CT molecular complexity index is 1170. The number of hydrogen-bond acceptors (Lipinski definition) is 4. The van der Waals surface area contributed by atoms with E-state index in [2.05, 4.69) is 13.8 Å². The van der Waals surface area contributed by atoms with Crippen molar-refractivity contribution < 1.29 is 13.2 Å². The predicted molar refractivity (Wildman–Crippen MR) is 125 cm³/mol. The van der Waals surface area contributed by atoms with Crippen molar-refractivity contribution in [2.75, 3.05) is 26.2 Å². The molecule has 1 aromatic heterocycles. The Kier molecular flexibility index (Phi) is 6.45. The number of nitrogens with zero attached hydrogens (tertiary/aromatic N) is 3. The number of carbonyl (C=O) groups excluding carboxylic acids is 1. The maximum atomic E-state index is 13.4. The summed E-state index contributed by atoms with van der Waals surface area (Å²) in [5.41, 5.74) is 0.372. The van der Waals surface area contributed by atoms with Crippen LogP contribution in [0.1, 0.15) is 56.8 Å². The number of fused-ring (bicyclic) bond motifs is 1. The zero-order valence-electron chi connectivity index (χ0n) is 19.2. The smallest absolute Gasteiger partial charge is 0.259 e. The van der Waals surface area contributed by atoms with Gasteiger partial charge in [0.15, 0.2) is 0 Å². The summed E-state index contributed by atoms with van der Waals surface area (Å²) >= 11 is 0. The van der Waals surface area contributed by atoms with Crippen LogP contribution in [0.5, 0.6) is 0 Å². The Balaban J connectivity index is 1.79. The molecule has 0 bridgehead atoms. The van der Waals surface area contributed by atoms with Crippen molar-refractivity contribution in [3.63, 3.8) is 0 Å². The number of rotatable bonds is 4. The molecule has 2 atom stereocenters. The highest BCUT2D eigenvalue weighted by molar-refractivity contribution is 7.89. The Morgan fingerprint density at radius 2 is 1.72 bits per heavy atom. The van der Waals surface area contributed by atoms with E-state index in [1.54, 1.807) is 23.2 Å². The Hall–Kier alpha value is -2.19. The molecular formula is C24H33N3O4S. The van der Waals surface area contributed by atoms with Gasteiger partial charge in [0.05, 0.1) is 10.4 Å². The third kappa shape index (κ3) is 4.22. The number of piperidine rings is 2. The fourth-order valence-corrected chi connectivity index (χ4v) is 6.75. The van der Waals surface area contributed by atoms with Crippen molar-refractivity contribution in [3.05, 3.63) is 40.2 Å². The van der Waals surface area contributed by atoms with Gasteiger partial charge in [0.25, 0.3) is 5.91 Å². The minimum atomic E-state index is -3.67. The van der Waals surface area contributed by atoms with Gasteiger partial charge in [-0.25, -0.2) is 8.42 Å². The second-order valence-corrected chi connectivity index (χ2v) is 11.4. The van der Waals surface area contributed by atoms with E-state index in [4.69, 9.17) is 0 Å². The predicted octanol–water partition coefficient (Wildman–Crippen LogP) is 3.31. The van der Waals surface area contributed by atoms with Crippen LogP contribution in [0.3, 0.4) is 0 Å². The topological polar surface area (TPSA) is 79.7 Å². The summed E-state index contributed by atoms with van der Waals surface area (Å²) in [5.74, 6) is 0.512. The lowest BCUT2D eigenvalue weighted by molar-refractivity contribution is 0.0621. The largest absolute Gasteiger partial charge is 0.347 e. The van der Waals surface area contributed by atoms with Crippen LogP contribution in [0.15, 0.2) is 34.1 Å². The monoisotopic (exact) mass is 459 g/mol. The molecule has 0 unspecified atom stereocenters. The van der Waals surface area contributed by atoms with E-state index >= 15 is 0 Å². The number of hydrogen-bond donors (Lipinski definition) is 0. The summed E-state index contributed by atoms with van der Waals surface area (Å²) < 4.78 is 29.7. The third-order valence-corrected chi connectivity index (χ3v) is 8.63. The van der Waals surface area contributed by atoms with E-state index in [-0.39, 0.29) is 21.8 Å². The summed E-state index contributed by atoms with van der Waals surface area (Å²) in [5, 5.41) is 0.286. The van der Waals surface area contributed by atoms with Gasteiger partial charge in [-0.1, -0.05) is 20.3 Å². The molecule has 1 aromatic carbocycles. The van der Waals surface area contributed by atoms with Crippen LogP contribution in [-0.4, -0.2) is 54.3 Å². The van der Waals surface area contributed by atoms with Gasteiger partial charge >= 0.3 is 0 Å². The van der Waals surface area contributed by atoms with Crippen molar-refractivity contribution in [1.29, 1.82) is 0 Å². The highest BCUT2D eigenvalue weighted by Crippen LogP contribution is 2.25. The van der Waals surface area contributed by atoms with E-state index in [0.717, 1.165) is 25.7 Å². The molecule has 3 heterocycles. The lowest BCUT2D eigenvalue weighted by Gasteiger charge is -2.35. The fourth-order valence-electron chi connectivity index (χ4n) is 5.20. The van der Waals surface area contributed by atoms with Gasteiger partial charge in [-0.3, -0.25) is 9.59 Å². The first-order valence-electron chi connectivity index (χ1n) is 11.7. The van der Waals surface area contributed by atoms with Gasteiger partial charge < -0.3 is 9.47 Å². The Labute approximate surface area is 190 Å². The van der Waals surface area contributed by atoms with Gasteiger partial charge in [-0.15, -0.1) is 0 Å². The standard InChI is InChI=1S/C24H33N3O4S/c1-4-25-16-21(24(29)26-14-17(2)12-18(3)15-26)23(28)20-13-19(8-9-22(20)25)32(30,31)27-10-6-5-7-11-27/h8-9,13,16-18H,4-7,10-12,14-15H2,1-3H3/t17-,18-/m1/s1. The van der Waals surface area contributed by atoms with Crippen LogP contribution in [-0.2, 0) is 16.6 Å². The zero-order chi connectivity index (χ0) is 23.0. The highest BCUT2D eigenvalue weighted by atomic mass is 32.2. The summed E-state index contributed by atoms with van der Waals surface area (Å²) in [6, 6.07) is 4.73. The van der Waals surface area contributed by atoms with Gasteiger partial charge in [0, 0.05) is 44.3 Å². The maximum Gasteiger partial charge on any atom is 0.259 e. The van der Waals surface area contributed by atoms with Crippen LogP contribution in [0, 0.1) is 11.8 Å². The molecular weight excluding hydrogens is 426 g/mol. The molecule has 2 aliphatic heterocycles. The SMILES string of the molecule is CCn1cc(C(=O)N2C[C@H](C)C[C@@H](C)C2)c(=O)c2cc(S(=O)(=O)N3CCCCC3)ccc21. The number of likely N-dealkylation sites (tertiary alicyclic amines) is 1. The first kappa shape index (κ1) is 23.0. The molecule has 2 saturated heterocycles. The zero-order valence-corrected chi connectivity index (χ0v) is 20.0. The molecule has 4 rings (SSSR count). The molecule has 2 fully saturated rings. The van der Waals surface area contributed by atoms with Crippen LogP contribution in [0.4, 0.5) is 0 Å². The minimum Gasteiger partial charge on any atom is -0.347 e. The van der Waals surface area contributed by atoms with E-state index < -0.39 is 15.5 Å². The normalized spacial score (nSPS) is 22.9. The average molecular weight is 460 g/mol. The summed E-state index contributed by atoms with van der Waals surface area (Å²) in [7, 11) is -3.67. The maximum absolute atomic E-state index is 13.4. The Morgan fingerprint density at radius 3 is 2.34 bits per heavy atom. The molecule has 0 spiro atoms. The number of aryl methyl sites for hydroxylation is 1. The number of pyridine rings is 1. The van der Waals surface area contributed by atoms with Crippen LogP contribution in [0.2, 0.25) is 0 Å². The van der Waals surface area contributed by atoms with Crippen LogP contribution in [0.25, 0.3) is 10.9 Å². The van der Waals surface area contributed by atoms with Gasteiger partial charge in [0.1, 0.15) is 5.56 Å². The van der Waals surface area contributed by atoms with E-state index in [0.29, 0.717) is 50.1 Å². The quantitative estimate of drug-likeness (QED) is 0.703. The van der Waals surface area contributed by atoms with Crippen molar-refractivity contribution >= 4 is 26.8 Å². The molecule has 174 valence electrons. The summed E-state index contributed by atoms with van der Waals surface area (Å²) in [6.45, 7) is 9.04. The number of amides is 1. The number of benzene rings is 1. The molecule has 32 heavy (non-hydrogen) atoms. The number of sulfonamides is 1. The molecule has 7 nitrogen and oxygen atoms in total. The van der Waals surface area contributed by atoms with Gasteiger partial charge in [0.2, 0.25) is 15.5 Å². The lowest BCUT2D eigenvalue weighted by atomic mass is 9.91. The van der Waals surface area contributed by atoms with Crippen molar-refractivity contribution in [3.8, 4) is 0 Å². The molecule has 8 heteroatoms. The Morgan fingerprint density at radius 1 is 1.06 bits per heavy atom. The highest BCUT2D eigenvalue weighted by Gasteiger charge is 2.30. The van der Waals surface area contributed by atoms with Gasteiger partial charge in [-0.05, 0) is 56.2 Å². The van der Waals surface area contributed by atoms with Crippen molar-refractivity contribution in [1.82, 2.24) is 13.8 Å². The summed E-state index contributed by atoms with van der Waals surface area (Å²) in [6.07, 6.45) is 5.43. The first-order chi connectivity index (χ1) is 15.2. The first-order valence-corrected chi connectivity index (χ1v) is 13.1. The molecule has 0 saturated carbocycles. The second-order valence-electron chi connectivity index (χ2n) is 9.46. The van der Waals surface area contributed by atoms with E-state index in [9.17, 15) is 18.0 Å². The van der Waals surface area contributed by atoms with Crippen LogP contribution >= 0.6 is 0 Å². The van der Waals surface area contributed by atoms with Crippen molar-refractivity contribution in [2.45, 2.75) is 57.9 Å². The molecule has 2 aromatic rings. The average Bonchev–Trinajstić information content (AvgIpc) is 2.78.